The zero-order chi connectivity index (χ0) is 13.5. The normalized spacial score (nSPS) is 14.8. The number of aromatic nitrogens is 7. The largest absolute Gasteiger partial charge is 0.291 e. The highest BCUT2D eigenvalue weighted by Gasteiger charge is 2.27. The lowest BCUT2D eigenvalue weighted by molar-refractivity contribution is 0.562. The smallest absolute Gasteiger partial charge is 0.261 e. The van der Waals surface area contributed by atoms with Gasteiger partial charge in [0.1, 0.15) is 0 Å². The highest BCUT2D eigenvalue weighted by Crippen LogP contribution is 2.34. The van der Waals surface area contributed by atoms with E-state index >= 15 is 0 Å². The first-order valence-corrected chi connectivity index (χ1v) is 6.39. The van der Waals surface area contributed by atoms with Crippen molar-refractivity contribution in [3.63, 3.8) is 0 Å². The SMILES string of the molecule is O=c1c2ccncc2ncn1Cc1nnnn1C1CC1. The zero-order valence-corrected chi connectivity index (χ0v) is 10.5. The summed E-state index contributed by atoms with van der Waals surface area (Å²) < 4.78 is 3.32. The summed E-state index contributed by atoms with van der Waals surface area (Å²) >= 11 is 0. The van der Waals surface area contributed by atoms with Gasteiger partial charge in [-0.25, -0.2) is 9.67 Å². The first-order valence-electron chi connectivity index (χ1n) is 6.39. The molecule has 0 aliphatic heterocycles. The van der Waals surface area contributed by atoms with E-state index in [1.54, 1.807) is 23.1 Å². The lowest BCUT2D eigenvalue weighted by atomic mass is 10.3. The van der Waals surface area contributed by atoms with E-state index in [1.165, 1.54) is 10.9 Å². The molecular weight excluding hydrogens is 258 g/mol. The highest BCUT2D eigenvalue weighted by atomic mass is 16.1. The van der Waals surface area contributed by atoms with E-state index in [0.29, 0.717) is 29.3 Å². The van der Waals surface area contributed by atoms with Crippen molar-refractivity contribution in [2.24, 2.45) is 0 Å². The van der Waals surface area contributed by atoms with Gasteiger partial charge in [-0.2, -0.15) is 0 Å². The molecule has 0 spiro atoms. The molecule has 3 heterocycles. The van der Waals surface area contributed by atoms with Gasteiger partial charge in [0, 0.05) is 6.20 Å². The molecule has 1 aliphatic rings. The molecule has 4 rings (SSSR count). The van der Waals surface area contributed by atoms with Crippen molar-refractivity contribution in [3.05, 3.63) is 41.0 Å². The predicted molar refractivity (Wildman–Crippen MR) is 69.0 cm³/mol. The quantitative estimate of drug-likeness (QED) is 0.672. The van der Waals surface area contributed by atoms with Crippen LogP contribution in [-0.2, 0) is 6.54 Å². The van der Waals surface area contributed by atoms with Crippen LogP contribution in [0.1, 0.15) is 24.7 Å². The van der Waals surface area contributed by atoms with Crippen LogP contribution in [0.2, 0.25) is 0 Å². The van der Waals surface area contributed by atoms with Crippen molar-refractivity contribution in [3.8, 4) is 0 Å². The maximum absolute atomic E-state index is 12.4. The monoisotopic (exact) mass is 269 g/mol. The van der Waals surface area contributed by atoms with Crippen LogP contribution in [0.25, 0.3) is 10.9 Å². The highest BCUT2D eigenvalue weighted by molar-refractivity contribution is 5.75. The lowest BCUT2D eigenvalue weighted by Crippen LogP contribution is -2.23. The fraction of sp³-hybridized carbons (Fsp3) is 0.333. The second kappa shape index (κ2) is 4.19. The molecule has 100 valence electrons. The Kier molecular flexibility index (Phi) is 2.35. The third-order valence-corrected chi connectivity index (χ3v) is 3.39. The number of hydrogen-bond acceptors (Lipinski definition) is 6. The molecule has 0 bridgehead atoms. The summed E-state index contributed by atoms with van der Waals surface area (Å²) in [5.74, 6) is 0.685. The lowest BCUT2D eigenvalue weighted by Gasteiger charge is -2.06. The second-order valence-corrected chi connectivity index (χ2v) is 4.84. The van der Waals surface area contributed by atoms with Crippen molar-refractivity contribution in [2.75, 3.05) is 0 Å². The Hall–Kier alpha value is -2.64. The summed E-state index contributed by atoms with van der Waals surface area (Å²) in [5.41, 5.74) is 0.485. The van der Waals surface area contributed by atoms with Crippen LogP contribution in [0.5, 0.6) is 0 Å². The first-order chi connectivity index (χ1) is 9.83. The summed E-state index contributed by atoms with van der Waals surface area (Å²) in [7, 11) is 0. The average Bonchev–Trinajstić information content (AvgIpc) is 3.22. The molecule has 8 nitrogen and oxygen atoms in total. The molecule has 0 aromatic carbocycles. The Labute approximate surface area is 113 Å². The third-order valence-electron chi connectivity index (χ3n) is 3.39. The summed E-state index contributed by atoms with van der Waals surface area (Å²) in [6.07, 6.45) is 6.86. The molecule has 1 fully saturated rings. The summed E-state index contributed by atoms with van der Waals surface area (Å²) in [6.45, 7) is 0.327. The standard InChI is InChI=1S/C12H11N7O/c20-12-9-3-4-13-5-10(9)14-7-18(12)6-11-15-16-17-19(11)8-1-2-8/h3-5,7-8H,1-2,6H2. The Morgan fingerprint density at radius 2 is 2.25 bits per heavy atom. The predicted octanol–water partition coefficient (Wildman–Crippen LogP) is 0.161. The van der Waals surface area contributed by atoms with Gasteiger partial charge in [0.25, 0.3) is 5.56 Å². The van der Waals surface area contributed by atoms with E-state index in [4.69, 9.17) is 0 Å². The third kappa shape index (κ3) is 1.77. The van der Waals surface area contributed by atoms with Crippen LogP contribution in [0.4, 0.5) is 0 Å². The van der Waals surface area contributed by atoms with Crippen molar-refractivity contribution in [1.29, 1.82) is 0 Å². The number of hydrogen-bond donors (Lipinski definition) is 0. The average molecular weight is 269 g/mol. The summed E-state index contributed by atoms with van der Waals surface area (Å²) in [5, 5.41) is 12.2. The zero-order valence-electron chi connectivity index (χ0n) is 10.5. The minimum atomic E-state index is -0.109. The molecule has 0 unspecified atom stereocenters. The number of pyridine rings is 1. The first kappa shape index (κ1) is 11.2. The Bertz CT molecular complexity index is 833. The van der Waals surface area contributed by atoms with Crippen LogP contribution in [0.3, 0.4) is 0 Å². The van der Waals surface area contributed by atoms with Gasteiger partial charge >= 0.3 is 0 Å². The molecule has 0 atom stereocenters. The van der Waals surface area contributed by atoms with Gasteiger partial charge in [-0.05, 0) is 29.3 Å². The Balaban J connectivity index is 1.77. The molecule has 0 N–H and O–H groups in total. The summed E-state index contributed by atoms with van der Waals surface area (Å²) in [4.78, 5) is 20.6. The van der Waals surface area contributed by atoms with Crippen molar-refractivity contribution in [1.82, 2.24) is 34.7 Å². The van der Waals surface area contributed by atoms with Crippen molar-refractivity contribution in [2.45, 2.75) is 25.4 Å². The fourth-order valence-electron chi connectivity index (χ4n) is 2.19. The molecule has 20 heavy (non-hydrogen) atoms. The number of rotatable bonds is 3. The molecule has 0 saturated heterocycles. The molecule has 1 aliphatic carbocycles. The molecule has 8 heteroatoms. The Morgan fingerprint density at radius 3 is 3.10 bits per heavy atom. The maximum Gasteiger partial charge on any atom is 0.261 e. The Morgan fingerprint density at radius 1 is 1.35 bits per heavy atom. The minimum absolute atomic E-state index is 0.109. The summed E-state index contributed by atoms with van der Waals surface area (Å²) in [6, 6.07) is 2.05. The molecule has 0 radical (unpaired) electrons. The fourth-order valence-corrected chi connectivity index (χ4v) is 2.19. The van der Waals surface area contributed by atoms with Crippen LogP contribution >= 0.6 is 0 Å². The number of tetrazole rings is 1. The van der Waals surface area contributed by atoms with Gasteiger partial charge in [0.15, 0.2) is 5.82 Å². The van der Waals surface area contributed by atoms with Gasteiger partial charge in [0.05, 0.1) is 36.0 Å². The van der Waals surface area contributed by atoms with Crippen LogP contribution in [-0.4, -0.2) is 34.7 Å². The van der Waals surface area contributed by atoms with E-state index in [9.17, 15) is 4.79 Å². The molecule has 3 aromatic heterocycles. The minimum Gasteiger partial charge on any atom is -0.291 e. The molecule has 0 amide bonds. The maximum atomic E-state index is 12.4. The number of nitrogens with zero attached hydrogens (tertiary/aromatic N) is 7. The topological polar surface area (TPSA) is 91.4 Å². The van der Waals surface area contributed by atoms with E-state index in [2.05, 4.69) is 25.5 Å². The van der Waals surface area contributed by atoms with Crippen molar-refractivity contribution >= 4 is 10.9 Å². The molecule has 3 aromatic rings. The van der Waals surface area contributed by atoms with E-state index in [-0.39, 0.29) is 5.56 Å². The van der Waals surface area contributed by atoms with E-state index < -0.39 is 0 Å². The van der Waals surface area contributed by atoms with Gasteiger partial charge in [-0.15, -0.1) is 5.10 Å². The molecule has 1 saturated carbocycles. The van der Waals surface area contributed by atoms with Crippen LogP contribution in [0.15, 0.2) is 29.6 Å². The van der Waals surface area contributed by atoms with Gasteiger partial charge in [0.2, 0.25) is 0 Å². The van der Waals surface area contributed by atoms with E-state index in [0.717, 1.165) is 12.8 Å². The van der Waals surface area contributed by atoms with Crippen molar-refractivity contribution < 1.29 is 0 Å². The van der Waals surface area contributed by atoms with Crippen LogP contribution in [0, 0.1) is 0 Å². The number of fused-ring (bicyclic) bond motifs is 1. The van der Waals surface area contributed by atoms with Gasteiger partial charge in [-0.3, -0.25) is 14.3 Å². The molecular formula is C12H11N7O. The second-order valence-electron chi connectivity index (χ2n) is 4.84. The van der Waals surface area contributed by atoms with Gasteiger partial charge in [-0.1, -0.05) is 0 Å². The van der Waals surface area contributed by atoms with Gasteiger partial charge < -0.3 is 0 Å². The van der Waals surface area contributed by atoms with E-state index in [1.807, 2.05) is 0 Å². The van der Waals surface area contributed by atoms with Crippen LogP contribution < -0.4 is 5.56 Å².